The first-order chi connectivity index (χ1) is 12.0. The van der Waals surface area contributed by atoms with Gasteiger partial charge < -0.3 is 9.88 Å². The van der Waals surface area contributed by atoms with Crippen molar-refractivity contribution in [3.63, 3.8) is 0 Å². The Labute approximate surface area is 152 Å². The molecule has 0 aliphatic heterocycles. The fraction of sp³-hybridized carbons (Fsp3) is 0.300. The molecule has 0 saturated heterocycles. The Balaban J connectivity index is 1.70. The molecule has 1 atom stereocenters. The van der Waals surface area contributed by atoms with E-state index in [-0.39, 0.29) is 11.9 Å². The van der Waals surface area contributed by atoms with Crippen molar-refractivity contribution >= 4 is 17.2 Å². The third-order valence-electron chi connectivity index (χ3n) is 4.08. The van der Waals surface area contributed by atoms with Gasteiger partial charge in [0.15, 0.2) is 0 Å². The maximum Gasteiger partial charge on any atom is 0.268 e. The third kappa shape index (κ3) is 4.17. The first kappa shape index (κ1) is 17.4. The van der Waals surface area contributed by atoms with Crippen molar-refractivity contribution in [1.82, 2.24) is 14.9 Å². The average Bonchev–Trinajstić information content (AvgIpc) is 3.25. The van der Waals surface area contributed by atoms with Crippen LogP contribution in [0.15, 0.2) is 54.0 Å². The van der Waals surface area contributed by atoms with Crippen LogP contribution in [0.4, 0.5) is 0 Å². The number of nitrogens with one attached hydrogen (secondary N) is 1. The van der Waals surface area contributed by atoms with Crippen LogP contribution >= 0.6 is 11.3 Å². The summed E-state index contributed by atoms with van der Waals surface area (Å²) in [6.07, 6.45) is 1.94. The SMILES string of the molecule is CC(C)c1nc(C(C)NC(=O)c2cccn2Cc2ccccc2)cs1. The number of hydrogen-bond donors (Lipinski definition) is 1. The van der Waals surface area contributed by atoms with Gasteiger partial charge in [0.2, 0.25) is 0 Å². The summed E-state index contributed by atoms with van der Waals surface area (Å²) < 4.78 is 1.97. The summed E-state index contributed by atoms with van der Waals surface area (Å²) in [7, 11) is 0. The monoisotopic (exact) mass is 353 g/mol. The van der Waals surface area contributed by atoms with Gasteiger partial charge in [0.1, 0.15) is 5.69 Å². The van der Waals surface area contributed by atoms with E-state index in [9.17, 15) is 4.79 Å². The molecular weight excluding hydrogens is 330 g/mol. The molecule has 0 aliphatic carbocycles. The smallest absolute Gasteiger partial charge is 0.268 e. The first-order valence-corrected chi connectivity index (χ1v) is 9.38. The molecule has 1 unspecified atom stereocenters. The molecule has 4 nitrogen and oxygen atoms in total. The summed E-state index contributed by atoms with van der Waals surface area (Å²) in [5.41, 5.74) is 2.75. The van der Waals surface area contributed by atoms with Gasteiger partial charge in [-0.1, -0.05) is 44.2 Å². The number of carbonyl (C=O) groups is 1. The Kier molecular flexibility index (Phi) is 5.34. The second-order valence-corrected chi connectivity index (χ2v) is 7.36. The molecule has 1 aromatic carbocycles. The Bertz CT molecular complexity index is 836. The fourth-order valence-corrected chi connectivity index (χ4v) is 3.58. The second-order valence-electron chi connectivity index (χ2n) is 6.47. The Morgan fingerprint density at radius 2 is 1.92 bits per heavy atom. The van der Waals surface area contributed by atoms with Crippen LogP contribution in [-0.2, 0) is 6.54 Å². The molecule has 25 heavy (non-hydrogen) atoms. The van der Waals surface area contributed by atoms with Crippen LogP contribution < -0.4 is 5.32 Å². The largest absolute Gasteiger partial charge is 0.343 e. The summed E-state index contributed by atoms with van der Waals surface area (Å²) in [6, 6.07) is 13.8. The van der Waals surface area contributed by atoms with Crippen LogP contribution in [0.2, 0.25) is 0 Å². The van der Waals surface area contributed by atoms with Crippen LogP contribution in [0, 0.1) is 0 Å². The summed E-state index contributed by atoms with van der Waals surface area (Å²) >= 11 is 1.65. The van der Waals surface area contributed by atoms with Crippen molar-refractivity contribution in [2.24, 2.45) is 0 Å². The standard InChI is InChI=1S/C20H23N3OS/c1-14(2)20-22-17(13-25-20)15(3)21-19(24)18-10-7-11-23(18)12-16-8-5-4-6-9-16/h4-11,13-15H,12H2,1-3H3,(H,21,24). The zero-order chi connectivity index (χ0) is 17.8. The molecule has 0 radical (unpaired) electrons. The van der Waals surface area contributed by atoms with E-state index in [0.717, 1.165) is 10.7 Å². The van der Waals surface area contributed by atoms with Gasteiger partial charge in [-0.3, -0.25) is 4.79 Å². The highest BCUT2D eigenvalue weighted by Crippen LogP contribution is 2.23. The van der Waals surface area contributed by atoms with Gasteiger partial charge in [0.25, 0.3) is 5.91 Å². The van der Waals surface area contributed by atoms with Crippen molar-refractivity contribution in [1.29, 1.82) is 0 Å². The minimum atomic E-state index is -0.115. The minimum absolute atomic E-state index is 0.0764. The maximum absolute atomic E-state index is 12.7. The highest BCUT2D eigenvalue weighted by atomic mass is 32.1. The van der Waals surface area contributed by atoms with Crippen molar-refractivity contribution < 1.29 is 4.79 Å². The molecule has 3 rings (SSSR count). The molecular formula is C20H23N3OS. The van der Waals surface area contributed by atoms with Crippen molar-refractivity contribution in [2.75, 3.05) is 0 Å². The molecule has 0 saturated carbocycles. The number of aromatic nitrogens is 2. The van der Waals surface area contributed by atoms with E-state index < -0.39 is 0 Å². The maximum atomic E-state index is 12.7. The molecule has 1 amide bonds. The fourth-order valence-electron chi connectivity index (χ4n) is 2.65. The number of carbonyl (C=O) groups excluding carboxylic acids is 1. The molecule has 2 aromatic heterocycles. The van der Waals surface area contributed by atoms with Gasteiger partial charge in [-0.2, -0.15) is 0 Å². The van der Waals surface area contributed by atoms with E-state index in [1.54, 1.807) is 11.3 Å². The number of rotatable bonds is 6. The van der Waals surface area contributed by atoms with Crippen LogP contribution in [0.1, 0.15) is 59.5 Å². The van der Waals surface area contributed by atoms with Crippen molar-refractivity contribution in [2.45, 2.75) is 39.3 Å². The summed E-state index contributed by atoms with van der Waals surface area (Å²) in [6.45, 7) is 6.91. The van der Waals surface area contributed by atoms with E-state index in [2.05, 4.69) is 36.3 Å². The topological polar surface area (TPSA) is 46.9 Å². The van der Waals surface area contributed by atoms with Gasteiger partial charge in [-0.05, 0) is 24.6 Å². The van der Waals surface area contributed by atoms with Crippen LogP contribution in [0.3, 0.4) is 0 Å². The minimum Gasteiger partial charge on any atom is -0.343 e. The highest BCUT2D eigenvalue weighted by molar-refractivity contribution is 7.09. The Hall–Kier alpha value is -2.40. The zero-order valence-electron chi connectivity index (χ0n) is 14.8. The Morgan fingerprint density at radius 1 is 1.16 bits per heavy atom. The summed E-state index contributed by atoms with van der Waals surface area (Å²) in [4.78, 5) is 17.3. The molecule has 0 aliphatic rings. The van der Waals surface area contributed by atoms with Gasteiger partial charge >= 0.3 is 0 Å². The van der Waals surface area contributed by atoms with Gasteiger partial charge in [-0.15, -0.1) is 11.3 Å². The molecule has 3 aromatic rings. The quantitative estimate of drug-likeness (QED) is 0.703. The Morgan fingerprint density at radius 3 is 2.60 bits per heavy atom. The molecule has 5 heteroatoms. The van der Waals surface area contributed by atoms with Gasteiger partial charge in [0, 0.05) is 24.0 Å². The summed E-state index contributed by atoms with van der Waals surface area (Å²) in [5.74, 6) is 0.331. The highest BCUT2D eigenvalue weighted by Gasteiger charge is 2.17. The van der Waals surface area contributed by atoms with E-state index in [1.165, 1.54) is 5.56 Å². The molecule has 1 N–H and O–H groups in total. The van der Waals surface area contributed by atoms with Crippen LogP contribution in [-0.4, -0.2) is 15.5 Å². The number of thiazole rings is 1. The molecule has 0 fully saturated rings. The predicted molar refractivity (Wildman–Crippen MR) is 102 cm³/mol. The van der Waals surface area contributed by atoms with Gasteiger partial charge in [-0.25, -0.2) is 4.98 Å². The lowest BCUT2D eigenvalue weighted by molar-refractivity contribution is 0.0930. The third-order valence-corrected chi connectivity index (χ3v) is 5.25. The predicted octanol–water partition coefficient (Wildman–Crippen LogP) is 4.61. The van der Waals surface area contributed by atoms with Crippen molar-refractivity contribution in [3.05, 3.63) is 76.0 Å². The number of benzene rings is 1. The van der Waals surface area contributed by atoms with Crippen LogP contribution in [0.5, 0.6) is 0 Å². The second kappa shape index (κ2) is 7.66. The average molecular weight is 353 g/mol. The van der Waals surface area contributed by atoms with E-state index in [4.69, 9.17) is 0 Å². The molecule has 130 valence electrons. The van der Waals surface area contributed by atoms with Gasteiger partial charge in [0.05, 0.1) is 16.7 Å². The van der Waals surface area contributed by atoms with E-state index in [1.807, 2.05) is 53.4 Å². The number of hydrogen-bond acceptors (Lipinski definition) is 3. The summed E-state index contributed by atoms with van der Waals surface area (Å²) in [5, 5.41) is 6.19. The van der Waals surface area contributed by atoms with E-state index in [0.29, 0.717) is 18.2 Å². The van der Waals surface area contributed by atoms with Crippen molar-refractivity contribution in [3.8, 4) is 0 Å². The lowest BCUT2D eigenvalue weighted by Crippen LogP contribution is -2.29. The van der Waals surface area contributed by atoms with E-state index >= 15 is 0 Å². The lowest BCUT2D eigenvalue weighted by atomic mass is 10.2. The first-order valence-electron chi connectivity index (χ1n) is 8.50. The molecule has 0 bridgehead atoms. The van der Waals surface area contributed by atoms with Crippen LogP contribution in [0.25, 0.3) is 0 Å². The number of nitrogens with zero attached hydrogens (tertiary/aromatic N) is 2. The zero-order valence-corrected chi connectivity index (χ0v) is 15.6. The molecule has 2 heterocycles. The normalized spacial score (nSPS) is 12.3. The lowest BCUT2D eigenvalue weighted by Gasteiger charge is -2.14. The molecule has 0 spiro atoms. The number of amides is 1.